The fraction of sp³-hybridized carbons (Fsp3) is 0.538. The Morgan fingerprint density at radius 1 is 1.25 bits per heavy atom. The monoisotopic (exact) mass is 249 g/mol. The third-order valence-electron chi connectivity index (χ3n) is 2.75. The van der Waals surface area contributed by atoms with E-state index in [0.717, 1.165) is 9.52 Å². The quantitative estimate of drug-likeness (QED) is 0.701. The van der Waals surface area contributed by atoms with Crippen LogP contribution in [-0.4, -0.2) is 24.3 Å². The SMILES string of the molecule is C[Si]C(C)O[Si+](C)CC(C)c1ccccc1. The van der Waals surface area contributed by atoms with Crippen LogP contribution in [0.1, 0.15) is 25.3 Å². The van der Waals surface area contributed by atoms with Crippen molar-refractivity contribution in [3.05, 3.63) is 35.9 Å². The maximum atomic E-state index is 6.01. The van der Waals surface area contributed by atoms with Crippen molar-refractivity contribution in [1.29, 1.82) is 0 Å². The predicted molar refractivity (Wildman–Crippen MR) is 73.4 cm³/mol. The van der Waals surface area contributed by atoms with Gasteiger partial charge in [-0.15, -0.1) is 0 Å². The van der Waals surface area contributed by atoms with Crippen molar-refractivity contribution in [1.82, 2.24) is 0 Å². The van der Waals surface area contributed by atoms with Crippen molar-refractivity contribution in [2.24, 2.45) is 0 Å². The molecule has 0 saturated heterocycles. The van der Waals surface area contributed by atoms with Crippen LogP contribution in [-0.2, 0) is 4.43 Å². The highest BCUT2D eigenvalue weighted by Crippen LogP contribution is 2.21. The summed E-state index contributed by atoms with van der Waals surface area (Å²) in [6.07, 6.45) is 0. The average Bonchev–Trinajstić information content (AvgIpc) is 2.29. The highest BCUT2D eigenvalue weighted by molar-refractivity contribution is 6.51. The maximum Gasteiger partial charge on any atom is 0.470 e. The molecule has 0 fully saturated rings. The molecular weight excluding hydrogens is 228 g/mol. The second kappa shape index (κ2) is 7.04. The van der Waals surface area contributed by atoms with Gasteiger partial charge in [-0.25, -0.2) is 4.43 Å². The van der Waals surface area contributed by atoms with E-state index in [2.05, 4.69) is 57.3 Å². The van der Waals surface area contributed by atoms with Crippen molar-refractivity contribution in [2.75, 3.05) is 0 Å². The lowest BCUT2D eigenvalue weighted by Gasteiger charge is -2.10. The van der Waals surface area contributed by atoms with Crippen LogP contribution < -0.4 is 0 Å². The lowest BCUT2D eigenvalue weighted by molar-refractivity contribution is 0.299. The molecule has 2 atom stereocenters. The molecule has 0 aromatic heterocycles. The van der Waals surface area contributed by atoms with E-state index in [9.17, 15) is 0 Å². The molecule has 0 aliphatic carbocycles. The van der Waals surface area contributed by atoms with Crippen molar-refractivity contribution in [3.8, 4) is 0 Å². The Kier molecular flexibility index (Phi) is 6.02. The number of hydrogen-bond donors (Lipinski definition) is 0. The Morgan fingerprint density at radius 2 is 1.88 bits per heavy atom. The third-order valence-corrected chi connectivity index (χ3v) is 5.86. The van der Waals surface area contributed by atoms with Crippen molar-refractivity contribution < 1.29 is 4.43 Å². The Bertz CT molecular complexity index is 289. The Hall–Kier alpha value is -0.386. The van der Waals surface area contributed by atoms with Crippen molar-refractivity contribution in [3.63, 3.8) is 0 Å². The van der Waals surface area contributed by atoms with E-state index in [1.807, 2.05) is 0 Å². The molecule has 1 nitrogen and oxygen atoms in total. The number of benzene rings is 1. The van der Waals surface area contributed by atoms with Crippen LogP contribution >= 0.6 is 0 Å². The minimum Gasteiger partial charge on any atom is -0.230 e. The smallest absolute Gasteiger partial charge is 0.230 e. The van der Waals surface area contributed by atoms with E-state index in [-0.39, 0.29) is 0 Å². The first-order valence-corrected chi connectivity index (χ1v) is 9.54. The fourth-order valence-electron chi connectivity index (χ4n) is 1.74. The molecule has 1 rings (SSSR count). The summed E-state index contributed by atoms with van der Waals surface area (Å²) in [6.45, 7) is 8.97. The second-order valence-corrected chi connectivity index (χ2v) is 7.71. The molecule has 86 valence electrons. The summed E-state index contributed by atoms with van der Waals surface area (Å²) in [5.74, 6) is 0.618. The van der Waals surface area contributed by atoms with Crippen molar-refractivity contribution in [2.45, 2.75) is 44.6 Å². The van der Waals surface area contributed by atoms with Crippen LogP contribution in [0, 0.1) is 0 Å². The zero-order chi connectivity index (χ0) is 12.0. The van der Waals surface area contributed by atoms with Crippen molar-refractivity contribution >= 4 is 18.6 Å². The zero-order valence-corrected chi connectivity index (χ0v) is 12.7. The zero-order valence-electron chi connectivity index (χ0n) is 10.7. The largest absolute Gasteiger partial charge is 0.470 e. The molecule has 0 bridgehead atoms. The first-order valence-electron chi connectivity index (χ1n) is 5.84. The van der Waals surface area contributed by atoms with Gasteiger partial charge in [-0.1, -0.05) is 43.8 Å². The standard InChI is InChI=1S/C13H21OSi2/c1-11(13-8-6-5-7-9-13)10-16(4)14-12(2)15-3/h5-9,11-12H,10H2,1-4H3/q+1. The highest BCUT2D eigenvalue weighted by Gasteiger charge is 2.28. The average molecular weight is 249 g/mol. The molecule has 1 aromatic rings. The van der Waals surface area contributed by atoms with Crippen LogP contribution in [0.3, 0.4) is 0 Å². The maximum absolute atomic E-state index is 6.01. The summed E-state index contributed by atoms with van der Waals surface area (Å²) >= 11 is 0. The van der Waals surface area contributed by atoms with Gasteiger partial charge < -0.3 is 0 Å². The first kappa shape index (κ1) is 13.7. The van der Waals surface area contributed by atoms with Gasteiger partial charge in [0.15, 0.2) is 0 Å². The number of hydrogen-bond acceptors (Lipinski definition) is 1. The van der Waals surface area contributed by atoms with Crippen LogP contribution in [0.25, 0.3) is 0 Å². The molecule has 16 heavy (non-hydrogen) atoms. The molecule has 0 aliphatic heterocycles. The molecule has 1 aromatic carbocycles. The molecule has 2 unspecified atom stereocenters. The summed E-state index contributed by atoms with van der Waals surface area (Å²) in [5, 5.41) is 0. The summed E-state index contributed by atoms with van der Waals surface area (Å²) in [5.41, 5.74) is 1.88. The van der Waals surface area contributed by atoms with Gasteiger partial charge in [-0.3, -0.25) is 0 Å². The molecule has 0 spiro atoms. The molecular formula is C13H21OSi2+. The normalized spacial score (nSPS) is 14.5. The van der Waals surface area contributed by atoms with E-state index in [1.54, 1.807) is 0 Å². The van der Waals surface area contributed by atoms with Gasteiger partial charge in [0.25, 0.3) is 0 Å². The van der Waals surface area contributed by atoms with Gasteiger partial charge in [0.2, 0.25) is 0 Å². The van der Waals surface area contributed by atoms with Gasteiger partial charge >= 0.3 is 9.04 Å². The predicted octanol–water partition coefficient (Wildman–Crippen LogP) is 3.53. The molecule has 3 heteroatoms. The summed E-state index contributed by atoms with van der Waals surface area (Å²) < 4.78 is 6.01. The van der Waals surface area contributed by atoms with E-state index in [0.29, 0.717) is 11.6 Å². The van der Waals surface area contributed by atoms with Crippen LogP contribution in [0.2, 0.25) is 19.1 Å². The molecule has 0 heterocycles. The molecule has 0 N–H and O–H groups in total. The van der Waals surface area contributed by atoms with Crippen LogP contribution in [0.5, 0.6) is 0 Å². The molecule has 0 amide bonds. The Morgan fingerprint density at radius 3 is 2.44 bits per heavy atom. The van der Waals surface area contributed by atoms with E-state index in [4.69, 9.17) is 4.43 Å². The van der Waals surface area contributed by atoms with E-state index < -0.39 is 9.04 Å². The van der Waals surface area contributed by atoms with Gasteiger partial charge in [0, 0.05) is 5.92 Å². The minimum absolute atomic E-state index is 0.446. The summed E-state index contributed by atoms with van der Waals surface area (Å²) in [4.78, 5) is 0. The summed E-state index contributed by atoms with van der Waals surface area (Å²) in [6, 6.07) is 11.9. The second-order valence-electron chi connectivity index (χ2n) is 4.27. The number of rotatable bonds is 6. The lowest BCUT2D eigenvalue weighted by Crippen LogP contribution is -2.25. The van der Waals surface area contributed by atoms with E-state index >= 15 is 0 Å². The first-order chi connectivity index (χ1) is 7.63. The minimum atomic E-state index is -0.640. The highest BCUT2D eigenvalue weighted by atomic mass is 28.3. The van der Waals surface area contributed by atoms with Gasteiger partial charge in [-0.2, -0.15) is 0 Å². The van der Waals surface area contributed by atoms with Gasteiger partial charge in [0.05, 0.1) is 27.8 Å². The van der Waals surface area contributed by atoms with Gasteiger partial charge in [0.1, 0.15) is 0 Å². The Labute approximate surface area is 104 Å². The topological polar surface area (TPSA) is 9.23 Å². The third kappa shape index (κ3) is 4.64. The van der Waals surface area contributed by atoms with Gasteiger partial charge in [-0.05, 0) is 12.5 Å². The fourth-order valence-corrected chi connectivity index (χ4v) is 4.61. The van der Waals surface area contributed by atoms with Crippen LogP contribution in [0.15, 0.2) is 30.3 Å². The summed E-state index contributed by atoms with van der Waals surface area (Å²) in [7, 11) is 0.251. The Balaban J connectivity index is 2.42. The molecule has 2 radical (unpaired) electrons. The lowest BCUT2D eigenvalue weighted by atomic mass is 10.0. The molecule has 0 aliphatic rings. The van der Waals surface area contributed by atoms with Crippen LogP contribution in [0.4, 0.5) is 0 Å². The molecule has 0 saturated carbocycles. The van der Waals surface area contributed by atoms with E-state index in [1.165, 1.54) is 11.6 Å².